The van der Waals surface area contributed by atoms with Crippen molar-refractivity contribution in [2.45, 2.75) is 13.8 Å². The van der Waals surface area contributed by atoms with E-state index in [4.69, 9.17) is 5.73 Å². The number of aryl methyl sites for hydroxylation is 2. The minimum Gasteiger partial charge on any atom is -0.383 e. The van der Waals surface area contributed by atoms with Gasteiger partial charge >= 0.3 is 0 Å². The van der Waals surface area contributed by atoms with Crippen molar-refractivity contribution in [2.24, 2.45) is 0 Å². The summed E-state index contributed by atoms with van der Waals surface area (Å²) in [4.78, 5) is 4.24. The van der Waals surface area contributed by atoms with Crippen molar-refractivity contribution in [2.75, 3.05) is 5.73 Å². The third-order valence-corrected chi connectivity index (χ3v) is 3.35. The molecule has 2 N–H and O–H groups in total. The molecule has 0 aliphatic carbocycles. The Morgan fingerprint density at radius 3 is 2.33 bits per heavy atom. The number of hydrogen-bond acceptors (Lipinski definition) is 2. The second kappa shape index (κ2) is 4.51. The second-order valence-corrected chi connectivity index (χ2v) is 4.96. The molecule has 3 rings (SSSR count). The highest BCUT2D eigenvalue weighted by atomic mass is 19.2. The fraction of sp³-hybridized carbons (Fsp3) is 0.133. The summed E-state index contributed by atoms with van der Waals surface area (Å²) in [6, 6.07) is 4.94. The van der Waals surface area contributed by atoms with Gasteiger partial charge in [0.1, 0.15) is 23.0 Å². The van der Waals surface area contributed by atoms with Crippen molar-refractivity contribution in [1.82, 2.24) is 9.38 Å². The summed E-state index contributed by atoms with van der Waals surface area (Å²) in [5, 5.41) is 0. The number of aromatic nitrogens is 2. The highest BCUT2D eigenvalue weighted by Gasteiger charge is 2.19. The molecule has 3 aromatic rings. The topological polar surface area (TPSA) is 43.3 Å². The van der Waals surface area contributed by atoms with Crippen LogP contribution in [0.25, 0.3) is 16.9 Å². The zero-order chi connectivity index (χ0) is 15.3. The molecule has 0 radical (unpaired) electrons. The summed E-state index contributed by atoms with van der Waals surface area (Å²) in [5.41, 5.74) is 8.26. The van der Waals surface area contributed by atoms with E-state index in [-0.39, 0.29) is 17.1 Å². The van der Waals surface area contributed by atoms with E-state index in [1.165, 1.54) is 0 Å². The molecule has 0 aliphatic rings. The Labute approximate surface area is 118 Å². The fourth-order valence-corrected chi connectivity index (χ4v) is 2.46. The number of nitrogens with two attached hydrogens (primary N) is 1. The van der Waals surface area contributed by atoms with Gasteiger partial charge in [-0.3, -0.25) is 4.40 Å². The summed E-state index contributed by atoms with van der Waals surface area (Å²) in [7, 11) is 0. The predicted octanol–water partition coefficient (Wildman–Crippen LogP) is 3.62. The van der Waals surface area contributed by atoms with Crippen LogP contribution in [0.1, 0.15) is 11.3 Å². The lowest BCUT2D eigenvalue weighted by molar-refractivity contribution is 0.496. The van der Waals surface area contributed by atoms with Crippen LogP contribution in [0.4, 0.5) is 19.0 Å². The zero-order valence-corrected chi connectivity index (χ0v) is 11.4. The minimum absolute atomic E-state index is 0.0973. The van der Waals surface area contributed by atoms with Gasteiger partial charge in [-0.25, -0.2) is 18.2 Å². The van der Waals surface area contributed by atoms with Crippen molar-refractivity contribution >= 4 is 11.5 Å². The molecule has 0 fully saturated rings. The number of halogens is 3. The molecule has 6 heteroatoms. The number of benzene rings is 1. The Kier molecular flexibility index (Phi) is 2.90. The van der Waals surface area contributed by atoms with Gasteiger partial charge in [-0.15, -0.1) is 0 Å². The van der Waals surface area contributed by atoms with Crippen molar-refractivity contribution in [3.63, 3.8) is 0 Å². The van der Waals surface area contributed by atoms with Crippen LogP contribution in [0.3, 0.4) is 0 Å². The molecular formula is C15H12F3N3. The Morgan fingerprint density at radius 1 is 0.952 bits per heavy atom. The molecule has 0 saturated carbocycles. The van der Waals surface area contributed by atoms with Crippen LogP contribution in [0.5, 0.6) is 0 Å². The maximum Gasteiger partial charge on any atom is 0.161 e. The minimum atomic E-state index is -1.24. The average Bonchev–Trinajstić information content (AvgIpc) is 2.71. The number of nitrogens with zero attached hydrogens (tertiary/aromatic N) is 2. The van der Waals surface area contributed by atoms with Crippen molar-refractivity contribution in [3.8, 4) is 11.3 Å². The van der Waals surface area contributed by atoms with E-state index in [9.17, 15) is 13.2 Å². The molecule has 0 bridgehead atoms. The van der Waals surface area contributed by atoms with Gasteiger partial charge in [-0.1, -0.05) is 0 Å². The third kappa shape index (κ3) is 2.03. The number of anilines is 1. The molecule has 2 aromatic heterocycles. The SMILES string of the molecule is Cc1cc(C)n2c(N)c(-c3cc(F)c(F)cc3F)nc2c1. The van der Waals surface area contributed by atoms with Gasteiger partial charge in [0.15, 0.2) is 11.6 Å². The van der Waals surface area contributed by atoms with E-state index in [0.717, 1.165) is 17.3 Å². The van der Waals surface area contributed by atoms with Crippen molar-refractivity contribution in [1.29, 1.82) is 0 Å². The normalized spacial score (nSPS) is 11.3. The Morgan fingerprint density at radius 2 is 1.62 bits per heavy atom. The van der Waals surface area contributed by atoms with E-state index >= 15 is 0 Å². The van der Waals surface area contributed by atoms with E-state index in [1.54, 1.807) is 10.5 Å². The van der Waals surface area contributed by atoms with Gasteiger partial charge in [0.2, 0.25) is 0 Å². The maximum absolute atomic E-state index is 13.9. The molecule has 0 amide bonds. The Balaban J connectivity index is 2.34. The van der Waals surface area contributed by atoms with E-state index in [0.29, 0.717) is 11.7 Å². The molecule has 0 aliphatic heterocycles. The van der Waals surface area contributed by atoms with Crippen molar-refractivity contribution < 1.29 is 13.2 Å². The van der Waals surface area contributed by atoms with Gasteiger partial charge < -0.3 is 5.73 Å². The summed E-state index contributed by atoms with van der Waals surface area (Å²) >= 11 is 0. The summed E-state index contributed by atoms with van der Waals surface area (Å²) in [6.07, 6.45) is 0. The molecule has 0 saturated heterocycles. The molecule has 0 unspecified atom stereocenters. The van der Waals surface area contributed by atoms with Gasteiger partial charge in [0, 0.05) is 17.3 Å². The lowest BCUT2D eigenvalue weighted by atomic mass is 10.1. The monoisotopic (exact) mass is 291 g/mol. The highest BCUT2D eigenvalue weighted by Crippen LogP contribution is 2.31. The number of fused-ring (bicyclic) bond motifs is 1. The number of imidazole rings is 1. The standard InChI is InChI=1S/C15H12F3N3/c1-7-3-8(2)21-13(4-7)20-14(15(21)19)9-5-11(17)12(18)6-10(9)16/h3-6H,19H2,1-2H3. The van der Waals surface area contributed by atoms with E-state index < -0.39 is 17.5 Å². The van der Waals surface area contributed by atoms with Gasteiger partial charge in [0.05, 0.1) is 0 Å². The van der Waals surface area contributed by atoms with E-state index in [1.807, 2.05) is 19.9 Å². The summed E-state index contributed by atoms with van der Waals surface area (Å²) < 4.78 is 41.9. The average molecular weight is 291 g/mol. The largest absolute Gasteiger partial charge is 0.383 e. The van der Waals surface area contributed by atoms with Crippen molar-refractivity contribution in [3.05, 3.63) is 53.0 Å². The molecule has 1 aromatic carbocycles. The van der Waals surface area contributed by atoms with Gasteiger partial charge in [0.25, 0.3) is 0 Å². The molecule has 2 heterocycles. The van der Waals surface area contributed by atoms with Crippen LogP contribution < -0.4 is 5.73 Å². The number of hydrogen-bond donors (Lipinski definition) is 1. The maximum atomic E-state index is 13.9. The summed E-state index contributed by atoms with van der Waals surface area (Å²) in [6.45, 7) is 3.74. The highest BCUT2D eigenvalue weighted by molar-refractivity contribution is 5.76. The zero-order valence-electron chi connectivity index (χ0n) is 11.4. The first-order valence-corrected chi connectivity index (χ1v) is 6.28. The van der Waals surface area contributed by atoms with Crippen LogP contribution in [0, 0.1) is 31.3 Å². The summed E-state index contributed by atoms with van der Waals surface area (Å²) in [5.74, 6) is -3.10. The lowest BCUT2D eigenvalue weighted by Crippen LogP contribution is -1.99. The number of pyridine rings is 1. The van der Waals surface area contributed by atoms with Gasteiger partial charge in [-0.2, -0.15) is 0 Å². The fourth-order valence-electron chi connectivity index (χ4n) is 2.46. The number of rotatable bonds is 1. The quantitative estimate of drug-likeness (QED) is 0.696. The smallest absolute Gasteiger partial charge is 0.161 e. The first-order valence-electron chi connectivity index (χ1n) is 6.28. The lowest BCUT2D eigenvalue weighted by Gasteiger charge is -2.05. The number of nitrogen functional groups attached to an aromatic ring is 1. The molecular weight excluding hydrogens is 279 g/mol. The molecule has 108 valence electrons. The third-order valence-electron chi connectivity index (χ3n) is 3.35. The van der Waals surface area contributed by atoms with Crippen LogP contribution in [-0.4, -0.2) is 9.38 Å². The molecule has 21 heavy (non-hydrogen) atoms. The first-order chi connectivity index (χ1) is 9.88. The molecule has 0 atom stereocenters. The van der Waals surface area contributed by atoms with Crippen LogP contribution in [0.15, 0.2) is 24.3 Å². The Bertz CT molecular complexity index is 868. The van der Waals surface area contributed by atoms with Crippen LogP contribution in [0.2, 0.25) is 0 Å². The Hall–Kier alpha value is -2.50. The van der Waals surface area contributed by atoms with E-state index in [2.05, 4.69) is 4.98 Å². The second-order valence-electron chi connectivity index (χ2n) is 4.96. The molecule has 0 spiro atoms. The predicted molar refractivity (Wildman–Crippen MR) is 74.4 cm³/mol. The van der Waals surface area contributed by atoms with Gasteiger partial charge in [-0.05, 0) is 37.6 Å². The molecule has 3 nitrogen and oxygen atoms in total. The first kappa shape index (κ1) is 13.5. The van der Waals surface area contributed by atoms with Crippen LogP contribution >= 0.6 is 0 Å². The van der Waals surface area contributed by atoms with Crippen LogP contribution in [-0.2, 0) is 0 Å².